The number of rotatable bonds is 6. The van der Waals surface area contributed by atoms with Crippen LogP contribution >= 0.6 is 0 Å². The lowest BCUT2D eigenvalue weighted by Crippen LogP contribution is -2.33. The zero-order chi connectivity index (χ0) is 14.6. The van der Waals surface area contributed by atoms with Crippen molar-refractivity contribution in [3.8, 4) is 0 Å². The highest BCUT2D eigenvalue weighted by atomic mass is 16.4. The molecule has 0 aliphatic carbocycles. The van der Waals surface area contributed by atoms with E-state index in [1.54, 1.807) is 0 Å². The number of hydrogen-bond acceptors (Lipinski definition) is 4. The minimum atomic E-state index is -1.34. The summed E-state index contributed by atoms with van der Waals surface area (Å²) in [5, 5.41) is 29.1. The standard InChI is InChI=1S/C12H13NO6/c1-6(10(14)15)13-5-7-2-3-8(11(16)17)9(4-7)12(18)19/h2-4,6,13H,5H2,1H3,(H,14,15)(H,16,17)(H,18,19). The summed E-state index contributed by atoms with van der Waals surface area (Å²) < 4.78 is 0. The van der Waals surface area contributed by atoms with E-state index in [2.05, 4.69) is 5.32 Å². The van der Waals surface area contributed by atoms with E-state index in [1.165, 1.54) is 25.1 Å². The van der Waals surface area contributed by atoms with Crippen LogP contribution < -0.4 is 5.32 Å². The first-order valence-corrected chi connectivity index (χ1v) is 5.38. The third-order valence-electron chi connectivity index (χ3n) is 2.53. The summed E-state index contributed by atoms with van der Waals surface area (Å²) >= 11 is 0. The molecule has 1 aromatic carbocycles. The zero-order valence-corrected chi connectivity index (χ0v) is 10.1. The van der Waals surface area contributed by atoms with Crippen LogP contribution in [-0.2, 0) is 11.3 Å². The predicted molar refractivity (Wildman–Crippen MR) is 64.3 cm³/mol. The van der Waals surface area contributed by atoms with Crippen LogP contribution in [0, 0.1) is 0 Å². The first-order valence-electron chi connectivity index (χ1n) is 5.38. The Labute approximate surface area is 108 Å². The number of carbonyl (C=O) groups is 3. The second-order valence-electron chi connectivity index (χ2n) is 3.93. The fraction of sp³-hybridized carbons (Fsp3) is 0.250. The van der Waals surface area contributed by atoms with Crippen molar-refractivity contribution >= 4 is 17.9 Å². The van der Waals surface area contributed by atoms with Gasteiger partial charge in [0, 0.05) is 6.54 Å². The summed E-state index contributed by atoms with van der Waals surface area (Å²) in [6.07, 6.45) is 0. The van der Waals surface area contributed by atoms with Crippen molar-refractivity contribution in [2.45, 2.75) is 19.5 Å². The number of carboxylic acid groups (broad SMARTS) is 3. The van der Waals surface area contributed by atoms with Crippen LogP contribution in [-0.4, -0.2) is 39.3 Å². The number of carboxylic acids is 3. The Morgan fingerprint density at radius 3 is 2.16 bits per heavy atom. The van der Waals surface area contributed by atoms with E-state index >= 15 is 0 Å². The molecule has 102 valence electrons. The number of hydrogen-bond donors (Lipinski definition) is 4. The molecule has 4 N–H and O–H groups in total. The monoisotopic (exact) mass is 267 g/mol. The highest BCUT2D eigenvalue weighted by Gasteiger charge is 2.17. The van der Waals surface area contributed by atoms with E-state index < -0.39 is 23.9 Å². The van der Waals surface area contributed by atoms with Gasteiger partial charge in [-0.15, -0.1) is 0 Å². The second kappa shape index (κ2) is 5.96. The Morgan fingerprint density at radius 1 is 1.11 bits per heavy atom. The van der Waals surface area contributed by atoms with Gasteiger partial charge >= 0.3 is 17.9 Å². The van der Waals surface area contributed by atoms with Crippen LogP contribution in [0.1, 0.15) is 33.2 Å². The number of aliphatic carboxylic acids is 1. The van der Waals surface area contributed by atoms with Gasteiger partial charge < -0.3 is 20.6 Å². The summed E-state index contributed by atoms with van der Waals surface area (Å²) in [5.41, 5.74) is -0.132. The lowest BCUT2D eigenvalue weighted by Gasteiger charge is -2.10. The van der Waals surface area contributed by atoms with E-state index in [0.29, 0.717) is 5.56 Å². The molecule has 1 atom stereocenters. The van der Waals surface area contributed by atoms with E-state index in [4.69, 9.17) is 15.3 Å². The van der Waals surface area contributed by atoms with Crippen molar-refractivity contribution in [2.75, 3.05) is 0 Å². The summed E-state index contributed by atoms with van der Waals surface area (Å²) in [5.74, 6) is -3.69. The van der Waals surface area contributed by atoms with Crippen LogP contribution in [0.3, 0.4) is 0 Å². The minimum absolute atomic E-state index is 0.133. The molecule has 0 aromatic heterocycles. The lowest BCUT2D eigenvalue weighted by atomic mass is 10.0. The van der Waals surface area contributed by atoms with E-state index in [9.17, 15) is 14.4 Å². The van der Waals surface area contributed by atoms with Gasteiger partial charge in [0.25, 0.3) is 0 Å². The highest BCUT2D eigenvalue weighted by molar-refractivity contribution is 6.01. The highest BCUT2D eigenvalue weighted by Crippen LogP contribution is 2.13. The Kier molecular flexibility index (Phi) is 4.60. The van der Waals surface area contributed by atoms with Gasteiger partial charge in [0.2, 0.25) is 0 Å². The molecule has 0 bridgehead atoms. The number of aromatic carboxylic acids is 2. The lowest BCUT2D eigenvalue weighted by molar-refractivity contribution is -0.139. The van der Waals surface area contributed by atoms with Gasteiger partial charge in [-0.2, -0.15) is 0 Å². The third kappa shape index (κ3) is 3.78. The van der Waals surface area contributed by atoms with Crippen LogP contribution in [0.25, 0.3) is 0 Å². The molecule has 7 heteroatoms. The van der Waals surface area contributed by atoms with Crippen LogP contribution in [0.5, 0.6) is 0 Å². The molecule has 0 aliphatic heterocycles. The van der Waals surface area contributed by atoms with Crippen molar-refractivity contribution in [3.05, 3.63) is 34.9 Å². The van der Waals surface area contributed by atoms with Gasteiger partial charge in [-0.3, -0.25) is 4.79 Å². The van der Waals surface area contributed by atoms with E-state index in [1.807, 2.05) is 0 Å². The topological polar surface area (TPSA) is 124 Å². The number of benzene rings is 1. The van der Waals surface area contributed by atoms with Gasteiger partial charge in [0.05, 0.1) is 11.1 Å². The molecule has 7 nitrogen and oxygen atoms in total. The van der Waals surface area contributed by atoms with E-state index in [-0.39, 0.29) is 17.7 Å². The molecule has 0 fully saturated rings. The van der Waals surface area contributed by atoms with Crippen molar-refractivity contribution in [1.82, 2.24) is 5.32 Å². The summed E-state index contributed by atoms with van der Waals surface area (Å²) in [6, 6.07) is 3.06. The molecule has 1 rings (SSSR count). The number of nitrogens with one attached hydrogen (secondary N) is 1. The molecule has 0 amide bonds. The second-order valence-corrected chi connectivity index (χ2v) is 3.93. The van der Waals surface area contributed by atoms with Crippen molar-refractivity contribution < 1.29 is 29.7 Å². The van der Waals surface area contributed by atoms with Crippen LogP contribution in [0.2, 0.25) is 0 Å². The third-order valence-corrected chi connectivity index (χ3v) is 2.53. The molecule has 19 heavy (non-hydrogen) atoms. The molecule has 0 saturated heterocycles. The largest absolute Gasteiger partial charge is 0.480 e. The Bertz CT molecular complexity index is 525. The molecular weight excluding hydrogens is 254 g/mol. The zero-order valence-electron chi connectivity index (χ0n) is 10.1. The normalized spacial score (nSPS) is 11.8. The summed E-state index contributed by atoms with van der Waals surface area (Å²) in [6.45, 7) is 1.58. The van der Waals surface area contributed by atoms with Gasteiger partial charge in [-0.05, 0) is 24.6 Å². The Balaban J connectivity index is 2.93. The first kappa shape index (κ1) is 14.7. The Hall–Kier alpha value is -2.41. The van der Waals surface area contributed by atoms with Gasteiger partial charge in [-0.25, -0.2) is 9.59 Å². The van der Waals surface area contributed by atoms with Crippen molar-refractivity contribution in [2.24, 2.45) is 0 Å². The fourth-order valence-corrected chi connectivity index (χ4v) is 1.42. The van der Waals surface area contributed by atoms with Crippen molar-refractivity contribution in [1.29, 1.82) is 0 Å². The first-order chi connectivity index (χ1) is 8.82. The smallest absolute Gasteiger partial charge is 0.336 e. The maximum Gasteiger partial charge on any atom is 0.336 e. The molecule has 0 radical (unpaired) electrons. The van der Waals surface area contributed by atoms with Gasteiger partial charge in [0.15, 0.2) is 0 Å². The SMILES string of the molecule is CC(NCc1ccc(C(=O)O)c(C(=O)O)c1)C(=O)O. The molecular formula is C12H13NO6. The van der Waals surface area contributed by atoms with Crippen molar-refractivity contribution in [3.63, 3.8) is 0 Å². The summed E-state index contributed by atoms with van der Waals surface area (Å²) in [4.78, 5) is 32.4. The molecule has 1 aromatic rings. The average Bonchev–Trinajstić information content (AvgIpc) is 2.35. The maximum atomic E-state index is 10.9. The molecule has 0 heterocycles. The van der Waals surface area contributed by atoms with Crippen LogP contribution in [0.15, 0.2) is 18.2 Å². The quantitative estimate of drug-likeness (QED) is 0.596. The fourth-order valence-electron chi connectivity index (χ4n) is 1.42. The molecule has 1 unspecified atom stereocenters. The van der Waals surface area contributed by atoms with Gasteiger partial charge in [-0.1, -0.05) is 6.07 Å². The van der Waals surface area contributed by atoms with Crippen LogP contribution in [0.4, 0.5) is 0 Å². The molecule has 0 spiro atoms. The van der Waals surface area contributed by atoms with E-state index in [0.717, 1.165) is 0 Å². The Morgan fingerprint density at radius 2 is 1.68 bits per heavy atom. The predicted octanol–water partition coefficient (Wildman–Crippen LogP) is 0.646. The molecule has 0 saturated carbocycles. The minimum Gasteiger partial charge on any atom is -0.480 e. The molecule has 0 aliphatic rings. The van der Waals surface area contributed by atoms with Gasteiger partial charge in [0.1, 0.15) is 6.04 Å². The maximum absolute atomic E-state index is 10.9. The average molecular weight is 267 g/mol. The summed E-state index contributed by atoms with van der Waals surface area (Å²) in [7, 11) is 0.